The lowest BCUT2D eigenvalue weighted by atomic mass is 10.2. The van der Waals surface area contributed by atoms with E-state index in [1.54, 1.807) is 16.9 Å². The van der Waals surface area contributed by atoms with Crippen LogP contribution in [-0.4, -0.2) is 9.78 Å². The number of nitrogens with zero attached hydrogens (tertiary/aromatic N) is 2. The number of nitrogens with one attached hydrogen (secondary N) is 1. The summed E-state index contributed by atoms with van der Waals surface area (Å²) in [5.74, 6) is -0.340. The molecule has 0 aliphatic heterocycles. The molecular formula is C11H12BrFN4. The van der Waals surface area contributed by atoms with Gasteiger partial charge in [0.1, 0.15) is 5.82 Å². The second-order valence-corrected chi connectivity index (χ2v) is 4.58. The lowest BCUT2D eigenvalue weighted by molar-refractivity contribution is 0.622. The predicted molar refractivity (Wildman–Crippen MR) is 69.0 cm³/mol. The molecule has 2 rings (SSSR count). The van der Waals surface area contributed by atoms with Gasteiger partial charge < -0.3 is 11.1 Å². The van der Waals surface area contributed by atoms with E-state index in [1.165, 1.54) is 6.07 Å². The minimum Gasteiger partial charge on any atom is -0.397 e. The van der Waals surface area contributed by atoms with Crippen LogP contribution in [0.15, 0.2) is 29.0 Å². The summed E-state index contributed by atoms with van der Waals surface area (Å²) in [6.45, 7) is 0.555. The Kier molecular flexibility index (Phi) is 3.33. The zero-order chi connectivity index (χ0) is 12.4. The van der Waals surface area contributed by atoms with E-state index in [0.29, 0.717) is 22.4 Å². The molecule has 0 saturated carbocycles. The maximum atomic E-state index is 13.3. The molecule has 17 heavy (non-hydrogen) atoms. The van der Waals surface area contributed by atoms with Crippen molar-refractivity contribution in [2.45, 2.75) is 6.54 Å². The van der Waals surface area contributed by atoms with Gasteiger partial charge in [0.05, 0.1) is 22.0 Å². The molecule has 6 heteroatoms. The first kappa shape index (κ1) is 11.9. The summed E-state index contributed by atoms with van der Waals surface area (Å²) in [6, 6.07) is 2.91. The first-order chi connectivity index (χ1) is 8.06. The molecule has 0 bridgehead atoms. The van der Waals surface area contributed by atoms with Gasteiger partial charge in [-0.25, -0.2) is 4.39 Å². The van der Waals surface area contributed by atoms with Crippen LogP contribution in [0.5, 0.6) is 0 Å². The van der Waals surface area contributed by atoms with Gasteiger partial charge in [0.25, 0.3) is 0 Å². The molecule has 90 valence electrons. The van der Waals surface area contributed by atoms with Gasteiger partial charge in [-0.2, -0.15) is 5.10 Å². The summed E-state index contributed by atoms with van der Waals surface area (Å²) in [7, 11) is 1.84. The molecule has 0 fully saturated rings. The van der Waals surface area contributed by atoms with Crippen LogP contribution in [0.1, 0.15) is 5.56 Å². The largest absolute Gasteiger partial charge is 0.397 e. The number of nitrogen functional groups attached to an aromatic ring is 1. The number of aromatic nitrogens is 2. The van der Waals surface area contributed by atoms with Gasteiger partial charge in [0.2, 0.25) is 0 Å². The average molecular weight is 299 g/mol. The zero-order valence-corrected chi connectivity index (χ0v) is 10.8. The van der Waals surface area contributed by atoms with Crippen molar-refractivity contribution in [3.8, 4) is 0 Å². The smallest absolute Gasteiger partial charge is 0.139 e. The molecule has 0 unspecified atom stereocenters. The molecule has 0 aliphatic rings. The number of aryl methyl sites for hydroxylation is 1. The number of hydrogen-bond donors (Lipinski definition) is 2. The van der Waals surface area contributed by atoms with Gasteiger partial charge in [-0.1, -0.05) is 0 Å². The molecule has 3 N–H and O–H groups in total. The van der Waals surface area contributed by atoms with Crippen LogP contribution in [0.4, 0.5) is 15.8 Å². The van der Waals surface area contributed by atoms with Crippen molar-refractivity contribution in [1.29, 1.82) is 0 Å². The first-order valence-electron chi connectivity index (χ1n) is 5.02. The molecule has 1 aromatic heterocycles. The van der Waals surface area contributed by atoms with E-state index >= 15 is 0 Å². The molecule has 2 aromatic rings. The van der Waals surface area contributed by atoms with E-state index in [1.807, 2.05) is 13.2 Å². The Balaban J connectivity index is 2.11. The third-order valence-electron chi connectivity index (χ3n) is 2.33. The maximum absolute atomic E-state index is 13.3. The Hall–Kier alpha value is -1.56. The SMILES string of the molecule is Cn1cc(CNc2cc(F)c(Br)cc2N)cn1. The van der Waals surface area contributed by atoms with Crippen molar-refractivity contribution in [2.75, 3.05) is 11.1 Å². The fourth-order valence-corrected chi connectivity index (χ4v) is 1.84. The molecule has 1 heterocycles. The molecule has 1 aromatic carbocycles. The van der Waals surface area contributed by atoms with Crippen LogP contribution < -0.4 is 11.1 Å². The summed E-state index contributed by atoms with van der Waals surface area (Å²) >= 11 is 3.08. The highest BCUT2D eigenvalue weighted by Gasteiger charge is 2.06. The highest BCUT2D eigenvalue weighted by molar-refractivity contribution is 9.10. The Morgan fingerprint density at radius 3 is 2.94 bits per heavy atom. The van der Waals surface area contributed by atoms with Gasteiger partial charge in [-0.15, -0.1) is 0 Å². The Bertz CT molecular complexity index is 538. The summed E-state index contributed by atoms with van der Waals surface area (Å²) in [4.78, 5) is 0. The number of hydrogen-bond acceptors (Lipinski definition) is 3. The van der Waals surface area contributed by atoms with Crippen molar-refractivity contribution in [3.05, 3.63) is 40.4 Å². The third-order valence-corrected chi connectivity index (χ3v) is 2.94. The van der Waals surface area contributed by atoms with Crippen LogP contribution in [0, 0.1) is 5.82 Å². The van der Waals surface area contributed by atoms with Crippen LogP contribution in [-0.2, 0) is 13.6 Å². The minimum absolute atomic E-state index is 0.340. The number of halogens is 2. The molecule has 0 radical (unpaired) electrons. The highest BCUT2D eigenvalue weighted by atomic mass is 79.9. The molecular weight excluding hydrogens is 287 g/mol. The van der Waals surface area contributed by atoms with Crippen molar-refractivity contribution < 1.29 is 4.39 Å². The van der Waals surface area contributed by atoms with Gasteiger partial charge in [-0.05, 0) is 22.0 Å². The number of rotatable bonds is 3. The second-order valence-electron chi connectivity index (χ2n) is 3.73. The average Bonchev–Trinajstić information content (AvgIpc) is 2.68. The van der Waals surface area contributed by atoms with E-state index in [2.05, 4.69) is 26.3 Å². The quantitative estimate of drug-likeness (QED) is 0.856. The maximum Gasteiger partial charge on any atom is 0.139 e. The standard InChI is InChI=1S/C11H12BrFN4/c1-17-6-7(5-16-17)4-15-11-3-9(13)8(12)2-10(11)14/h2-3,5-6,15H,4,14H2,1H3. The van der Waals surface area contributed by atoms with Crippen LogP contribution in [0.25, 0.3) is 0 Å². The highest BCUT2D eigenvalue weighted by Crippen LogP contribution is 2.26. The Labute approximate surface area is 107 Å². The van der Waals surface area contributed by atoms with Crippen LogP contribution in [0.2, 0.25) is 0 Å². The van der Waals surface area contributed by atoms with E-state index in [4.69, 9.17) is 5.73 Å². The third kappa shape index (κ3) is 2.76. The molecule has 0 atom stereocenters. The fraction of sp³-hybridized carbons (Fsp3) is 0.182. The number of benzene rings is 1. The molecule has 0 saturated heterocycles. The van der Waals surface area contributed by atoms with E-state index < -0.39 is 0 Å². The topological polar surface area (TPSA) is 55.9 Å². The minimum atomic E-state index is -0.340. The predicted octanol–water partition coefficient (Wildman–Crippen LogP) is 2.52. The van der Waals surface area contributed by atoms with Gasteiger partial charge in [0, 0.05) is 31.4 Å². The lowest BCUT2D eigenvalue weighted by Gasteiger charge is -2.09. The molecule has 0 amide bonds. The zero-order valence-electron chi connectivity index (χ0n) is 9.24. The molecule has 0 spiro atoms. The Morgan fingerprint density at radius 2 is 2.29 bits per heavy atom. The van der Waals surface area contributed by atoms with Crippen molar-refractivity contribution >= 4 is 27.3 Å². The fourth-order valence-electron chi connectivity index (χ4n) is 1.48. The summed E-state index contributed by atoms with van der Waals surface area (Å²) in [5, 5.41) is 7.12. The van der Waals surface area contributed by atoms with Crippen molar-refractivity contribution in [3.63, 3.8) is 0 Å². The summed E-state index contributed by atoms with van der Waals surface area (Å²) in [6.07, 6.45) is 3.64. The first-order valence-corrected chi connectivity index (χ1v) is 5.81. The summed E-state index contributed by atoms with van der Waals surface area (Å²) in [5.41, 5.74) is 7.87. The van der Waals surface area contributed by atoms with Gasteiger partial charge in [0.15, 0.2) is 0 Å². The summed E-state index contributed by atoms with van der Waals surface area (Å²) < 4.78 is 15.4. The normalized spacial score (nSPS) is 10.5. The van der Waals surface area contributed by atoms with Crippen LogP contribution in [0.3, 0.4) is 0 Å². The Morgan fingerprint density at radius 1 is 1.53 bits per heavy atom. The van der Waals surface area contributed by atoms with Crippen molar-refractivity contribution in [1.82, 2.24) is 9.78 Å². The second kappa shape index (κ2) is 4.75. The van der Waals surface area contributed by atoms with Gasteiger partial charge in [-0.3, -0.25) is 4.68 Å². The number of anilines is 2. The molecule has 4 nitrogen and oxygen atoms in total. The van der Waals surface area contributed by atoms with Crippen LogP contribution >= 0.6 is 15.9 Å². The van der Waals surface area contributed by atoms with Gasteiger partial charge >= 0.3 is 0 Å². The van der Waals surface area contributed by atoms with Crippen molar-refractivity contribution in [2.24, 2.45) is 7.05 Å². The monoisotopic (exact) mass is 298 g/mol. The molecule has 0 aliphatic carbocycles. The lowest BCUT2D eigenvalue weighted by Crippen LogP contribution is -2.02. The van der Waals surface area contributed by atoms with E-state index in [0.717, 1.165) is 5.56 Å². The van der Waals surface area contributed by atoms with E-state index in [9.17, 15) is 4.39 Å². The van der Waals surface area contributed by atoms with E-state index in [-0.39, 0.29) is 5.82 Å². The number of nitrogens with two attached hydrogens (primary N) is 1.